The van der Waals surface area contributed by atoms with Crippen molar-refractivity contribution >= 4 is 33.5 Å². The predicted octanol–water partition coefficient (Wildman–Crippen LogP) is 2.53. The van der Waals surface area contributed by atoms with Gasteiger partial charge in [-0.15, -0.1) is 0 Å². The Hall–Kier alpha value is -1.31. The molecule has 1 aromatic heterocycles. The zero-order valence-electron chi connectivity index (χ0n) is 15.2. The molecule has 134 valence electrons. The molecule has 1 saturated heterocycles. The topological polar surface area (TPSA) is 57.5 Å². The van der Waals surface area contributed by atoms with Crippen molar-refractivity contribution < 1.29 is 17.7 Å². The van der Waals surface area contributed by atoms with Crippen LogP contribution in [0.2, 0.25) is 0 Å². The lowest BCUT2D eigenvalue weighted by atomic mass is 9.77. The van der Waals surface area contributed by atoms with E-state index in [0.29, 0.717) is 11.4 Å². The number of fused-ring (bicyclic) bond motifs is 1. The van der Waals surface area contributed by atoms with E-state index in [0.717, 1.165) is 23.7 Å². The van der Waals surface area contributed by atoms with Gasteiger partial charge in [0.2, 0.25) is 10.0 Å². The van der Waals surface area contributed by atoms with Gasteiger partial charge in [-0.2, -0.15) is 0 Å². The monoisotopic (exact) mass is 361 g/mol. The van der Waals surface area contributed by atoms with Gasteiger partial charge < -0.3 is 9.31 Å². The zero-order chi connectivity index (χ0) is 18.0. The molecular formula is C18H24BNO4S. The van der Waals surface area contributed by atoms with Crippen LogP contribution in [0.25, 0.3) is 10.9 Å². The smallest absolute Gasteiger partial charge is 0.399 e. The van der Waals surface area contributed by atoms with Crippen LogP contribution >= 0.6 is 0 Å². The Labute approximate surface area is 149 Å². The van der Waals surface area contributed by atoms with Gasteiger partial charge in [-0.25, -0.2) is 12.4 Å². The number of hydrogen-bond donors (Lipinski definition) is 0. The summed E-state index contributed by atoms with van der Waals surface area (Å²) in [5, 5.41) is 0.861. The normalized spacial score (nSPS) is 22.6. The molecule has 2 heterocycles. The van der Waals surface area contributed by atoms with Crippen LogP contribution in [0.4, 0.5) is 0 Å². The van der Waals surface area contributed by atoms with E-state index in [1.807, 2.05) is 52.0 Å². The summed E-state index contributed by atoms with van der Waals surface area (Å²) < 4.78 is 39.1. The number of rotatable bonds is 4. The second-order valence-electron chi connectivity index (χ2n) is 8.20. The summed E-state index contributed by atoms with van der Waals surface area (Å²) >= 11 is 0. The molecule has 7 heteroatoms. The Morgan fingerprint density at radius 2 is 1.76 bits per heavy atom. The minimum atomic E-state index is -3.33. The van der Waals surface area contributed by atoms with Gasteiger partial charge in [-0.05, 0) is 64.1 Å². The fraction of sp³-hybridized carbons (Fsp3) is 0.556. The highest BCUT2D eigenvalue weighted by atomic mass is 32.2. The van der Waals surface area contributed by atoms with Gasteiger partial charge in [-0.3, -0.25) is 0 Å². The molecule has 4 rings (SSSR count). The summed E-state index contributed by atoms with van der Waals surface area (Å²) in [6.45, 7) is 8.05. The molecule has 0 N–H and O–H groups in total. The van der Waals surface area contributed by atoms with Gasteiger partial charge in [0.25, 0.3) is 0 Å². The standard InChI is InChI=1S/C18H24BNO4S/c1-17(2)18(3,4)24-19(23-17)15-6-5-7-16-14(15)10-11-20(16)25(21,22)12-13-8-9-13/h5-7,10-11,13H,8-9,12H2,1-4H3. The van der Waals surface area contributed by atoms with Crippen LogP contribution in [0.3, 0.4) is 0 Å². The highest BCUT2D eigenvalue weighted by Gasteiger charge is 2.52. The van der Waals surface area contributed by atoms with Crippen molar-refractivity contribution in [1.82, 2.24) is 3.97 Å². The molecule has 0 unspecified atom stereocenters. The largest absolute Gasteiger partial charge is 0.495 e. The van der Waals surface area contributed by atoms with E-state index >= 15 is 0 Å². The van der Waals surface area contributed by atoms with Crippen molar-refractivity contribution in [2.45, 2.75) is 51.7 Å². The van der Waals surface area contributed by atoms with Gasteiger partial charge in [0.05, 0.1) is 22.5 Å². The third kappa shape index (κ3) is 2.82. The summed E-state index contributed by atoms with van der Waals surface area (Å²) in [7, 11) is -3.84. The van der Waals surface area contributed by atoms with Gasteiger partial charge in [0.15, 0.2) is 0 Å². The third-order valence-corrected chi connectivity index (χ3v) is 7.49. The van der Waals surface area contributed by atoms with Crippen LogP contribution < -0.4 is 5.46 Å². The Kier molecular flexibility index (Phi) is 3.66. The molecule has 2 aliphatic rings. The van der Waals surface area contributed by atoms with Crippen LogP contribution in [0.5, 0.6) is 0 Å². The minimum Gasteiger partial charge on any atom is -0.399 e. The molecule has 1 saturated carbocycles. The minimum absolute atomic E-state index is 0.220. The maximum atomic E-state index is 12.7. The Bertz CT molecular complexity index is 912. The van der Waals surface area contributed by atoms with E-state index < -0.39 is 28.3 Å². The quantitative estimate of drug-likeness (QED) is 0.786. The molecular weight excluding hydrogens is 337 g/mol. The molecule has 5 nitrogen and oxygen atoms in total. The number of hydrogen-bond acceptors (Lipinski definition) is 4. The molecule has 1 aromatic carbocycles. The van der Waals surface area contributed by atoms with Crippen LogP contribution in [-0.2, 0) is 19.3 Å². The van der Waals surface area contributed by atoms with Crippen LogP contribution in [-0.4, -0.2) is 36.5 Å². The Balaban J connectivity index is 1.75. The van der Waals surface area contributed by atoms with Gasteiger partial charge in [-0.1, -0.05) is 12.1 Å². The van der Waals surface area contributed by atoms with Crippen molar-refractivity contribution in [2.24, 2.45) is 5.92 Å². The summed E-state index contributed by atoms with van der Waals surface area (Å²) in [5.41, 5.74) is 0.699. The molecule has 2 fully saturated rings. The average Bonchev–Trinajstić information content (AvgIpc) is 3.12. The number of nitrogens with zero attached hydrogens (tertiary/aromatic N) is 1. The predicted molar refractivity (Wildman–Crippen MR) is 99.6 cm³/mol. The highest BCUT2D eigenvalue weighted by Crippen LogP contribution is 2.37. The highest BCUT2D eigenvalue weighted by molar-refractivity contribution is 7.90. The first-order valence-electron chi connectivity index (χ1n) is 8.80. The molecule has 0 radical (unpaired) electrons. The Morgan fingerprint density at radius 3 is 2.36 bits per heavy atom. The van der Waals surface area contributed by atoms with Crippen molar-refractivity contribution in [3.05, 3.63) is 30.5 Å². The average molecular weight is 361 g/mol. The van der Waals surface area contributed by atoms with Crippen molar-refractivity contribution in [3.63, 3.8) is 0 Å². The SMILES string of the molecule is CC1(C)OB(c2cccc3c2ccn3S(=O)(=O)CC2CC2)OC1(C)C. The molecule has 0 bridgehead atoms. The molecule has 2 aromatic rings. The summed E-state index contributed by atoms with van der Waals surface area (Å²) in [5.74, 6) is 0.533. The first kappa shape index (κ1) is 17.1. The molecule has 0 atom stereocenters. The molecule has 25 heavy (non-hydrogen) atoms. The van der Waals surface area contributed by atoms with Gasteiger partial charge in [0, 0.05) is 11.6 Å². The first-order chi connectivity index (χ1) is 11.6. The van der Waals surface area contributed by atoms with E-state index in [-0.39, 0.29) is 5.75 Å². The van der Waals surface area contributed by atoms with Gasteiger partial charge in [0.1, 0.15) is 0 Å². The zero-order valence-corrected chi connectivity index (χ0v) is 16.0. The maximum Gasteiger partial charge on any atom is 0.495 e. The second kappa shape index (κ2) is 5.35. The number of aromatic nitrogens is 1. The second-order valence-corrected chi connectivity index (χ2v) is 10.1. The molecule has 1 aliphatic carbocycles. The number of benzene rings is 1. The molecule has 0 spiro atoms. The fourth-order valence-corrected chi connectivity index (χ4v) is 5.04. The van der Waals surface area contributed by atoms with Crippen LogP contribution in [0.1, 0.15) is 40.5 Å². The van der Waals surface area contributed by atoms with E-state index in [2.05, 4.69) is 0 Å². The van der Waals surface area contributed by atoms with E-state index in [1.165, 1.54) is 3.97 Å². The van der Waals surface area contributed by atoms with Gasteiger partial charge >= 0.3 is 7.12 Å². The van der Waals surface area contributed by atoms with E-state index in [1.54, 1.807) is 6.20 Å². The lowest BCUT2D eigenvalue weighted by Gasteiger charge is -2.32. The van der Waals surface area contributed by atoms with Crippen LogP contribution in [0, 0.1) is 5.92 Å². The fourth-order valence-electron chi connectivity index (χ4n) is 3.25. The van der Waals surface area contributed by atoms with Crippen molar-refractivity contribution in [3.8, 4) is 0 Å². The summed E-state index contributed by atoms with van der Waals surface area (Å²) in [6.07, 6.45) is 3.67. The summed E-state index contributed by atoms with van der Waals surface area (Å²) in [4.78, 5) is 0. The van der Waals surface area contributed by atoms with Crippen molar-refractivity contribution in [2.75, 3.05) is 5.75 Å². The maximum absolute atomic E-state index is 12.7. The third-order valence-electron chi connectivity index (χ3n) is 5.68. The summed E-state index contributed by atoms with van der Waals surface area (Å²) in [6, 6.07) is 7.50. The lowest BCUT2D eigenvalue weighted by molar-refractivity contribution is 0.00578. The first-order valence-corrected chi connectivity index (χ1v) is 10.4. The molecule has 0 amide bonds. The van der Waals surface area contributed by atoms with E-state index in [4.69, 9.17) is 9.31 Å². The van der Waals surface area contributed by atoms with Crippen molar-refractivity contribution in [1.29, 1.82) is 0 Å². The lowest BCUT2D eigenvalue weighted by Crippen LogP contribution is -2.41. The molecule has 1 aliphatic heterocycles. The van der Waals surface area contributed by atoms with E-state index in [9.17, 15) is 8.42 Å². The Morgan fingerprint density at radius 1 is 1.12 bits per heavy atom. The van der Waals surface area contributed by atoms with Crippen LogP contribution in [0.15, 0.2) is 30.5 Å².